The number of aliphatic carboxylic acids is 1. The van der Waals surface area contributed by atoms with E-state index < -0.39 is 17.6 Å². The first kappa shape index (κ1) is 17.5. The molecule has 3 aromatic rings. The number of benzene rings is 3. The third kappa shape index (κ3) is 3.52. The molecule has 0 saturated heterocycles. The van der Waals surface area contributed by atoms with E-state index in [9.17, 15) is 14.7 Å². The van der Waals surface area contributed by atoms with Gasteiger partial charge in [-0.25, -0.2) is 9.59 Å². The Kier molecular flexibility index (Phi) is 4.89. The lowest BCUT2D eigenvalue weighted by Gasteiger charge is -2.27. The molecule has 0 bridgehead atoms. The number of carbonyl (C=O) groups is 2. The molecule has 2 N–H and O–H groups in total. The van der Waals surface area contributed by atoms with E-state index in [0.29, 0.717) is 5.56 Å². The quantitative estimate of drug-likeness (QED) is 0.728. The van der Waals surface area contributed by atoms with E-state index in [1.165, 1.54) is 6.92 Å². The molecule has 5 nitrogen and oxygen atoms in total. The highest BCUT2D eigenvalue weighted by Gasteiger charge is 2.38. The minimum absolute atomic E-state index is 0.0674. The lowest BCUT2D eigenvalue weighted by atomic mass is 9.88. The molecule has 0 unspecified atom stereocenters. The van der Waals surface area contributed by atoms with Crippen LogP contribution in [0.5, 0.6) is 0 Å². The van der Waals surface area contributed by atoms with Crippen molar-refractivity contribution in [2.24, 2.45) is 0 Å². The topological polar surface area (TPSA) is 75.6 Å². The fraction of sp³-hybridized carbons (Fsp3) is 0.143. The summed E-state index contributed by atoms with van der Waals surface area (Å²) in [5, 5.41) is 14.0. The summed E-state index contributed by atoms with van der Waals surface area (Å²) in [4.78, 5) is 24.3. The van der Waals surface area contributed by atoms with E-state index in [-0.39, 0.29) is 6.61 Å². The van der Waals surface area contributed by atoms with E-state index in [4.69, 9.17) is 4.74 Å². The van der Waals surface area contributed by atoms with Crippen LogP contribution in [0.25, 0.3) is 10.8 Å². The predicted octanol–water partition coefficient (Wildman–Crippen LogP) is 4.07. The maximum absolute atomic E-state index is 12.2. The number of ether oxygens (including phenoxy) is 1. The van der Waals surface area contributed by atoms with Gasteiger partial charge in [0.2, 0.25) is 0 Å². The summed E-state index contributed by atoms with van der Waals surface area (Å²) in [7, 11) is 0. The van der Waals surface area contributed by atoms with Crippen LogP contribution in [0, 0.1) is 0 Å². The Morgan fingerprint density at radius 1 is 0.962 bits per heavy atom. The van der Waals surface area contributed by atoms with Gasteiger partial charge >= 0.3 is 12.1 Å². The zero-order valence-electron chi connectivity index (χ0n) is 14.3. The molecule has 0 aliphatic carbocycles. The molecule has 0 fully saturated rings. The molecular formula is C21H19NO4. The first-order chi connectivity index (χ1) is 12.5. The largest absolute Gasteiger partial charge is 0.479 e. The minimum atomic E-state index is -1.62. The molecule has 1 atom stereocenters. The summed E-state index contributed by atoms with van der Waals surface area (Å²) in [6, 6.07) is 22.0. The van der Waals surface area contributed by atoms with Gasteiger partial charge in [0.05, 0.1) is 0 Å². The molecule has 132 valence electrons. The van der Waals surface area contributed by atoms with Crippen molar-refractivity contribution in [1.82, 2.24) is 5.32 Å². The highest BCUT2D eigenvalue weighted by Crippen LogP contribution is 2.29. The molecule has 5 heteroatoms. The third-order valence-electron chi connectivity index (χ3n) is 4.32. The molecule has 0 saturated carbocycles. The smallest absolute Gasteiger partial charge is 0.408 e. The van der Waals surface area contributed by atoms with Crippen LogP contribution < -0.4 is 5.32 Å². The van der Waals surface area contributed by atoms with E-state index >= 15 is 0 Å². The lowest BCUT2D eigenvalue weighted by Crippen LogP contribution is -2.49. The van der Waals surface area contributed by atoms with Crippen LogP contribution in [-0.2, 0) is 21.7 Å². The second-order valence-corrected chi connectivity index (χ2v) is 6.14. The average molecular weight is 349 g/mol. The van der Waals surface area contributed by atoms with Gasteiger partial charge < -0.3 is 15.2 Å². The molecule has 0 heterocycles. The van der Waals surface area contributed by atoms with Gasteiger partial charge in [-0.2, -0.15) is 0 Å². The van der Waals surface area contributed by atoms with Crippen molar-refractivity contribution in [2.75, 3.05) is 0 Å². The van der Waals surface area contributed by atoms with Crippen LogP contribution in [-0.4, -0.2) is 17.2 Å². The fourth-order valence-electron chi connectivity index (χ4n) is 2.86. The number of fused-ring (bicyclic) bond motifs is 1. The SMILES string of the molecule is C[C@](NC(=O)OCc1ccccc1)(C(=O)O)c1cccc2ccccc12. The van der Waals surface area contributed by atoms with Crippen molar-refractivity contribution < 1.29 is 19.4 Å². The number of rotatable bonds is 5. The Labute approximate surface area is 151 Å². The molecule has 26 heavy (non-hydrogen) atoms. The van der Waals surface area contributed by atoms with E-state index in [1.807, 2.05) is 60.7 Å². The van der Waals surface area contributed by atoms with Crippen molar-refractivity contribution in [3.05, 3.63) is 83.9 Å². The number of hydrogen-bond donors (Lipinski definition) is 2. The first-order valence-electron chi connectivity index (χ1n) is 8.21. The van der Waals surface area contributed by atoms with Gasteiger partial charge in [-0.1, -0.05) is 72.8 Å². The normalized spacial score (nSPS) is 13.0. The van der Waals surface area contributed by atoms with Crippen molar-refractivity contribution in [2.45, 2.75) is 19.1 Å². The average Bonchev–Trinajstić information content (AvgIpc) is 2.66. The molecule has 0 aliphatic rings. The molecule has 0 aromatic heterocycles. The molecule has 3 rings (SSSR count). The Morgan fingerprint density at radius 2 is 1.62 bits per heavy atom. The van der Waals surface area contributed by atoms with Gasteiger partial charge in [-0.3, -0.25) is 0 Å². The summed E-state index contributed by atoms with van der Waals surface area (Å²) >= 11 is 0. The second-order valence-electron chi connectivity index (χ2n) is 6.14. The van der Waals surface area contributed by atoms with Crippen molar-refractivity contribution in [3.8, 4) is 0 Å². The molecule has 3 aromatic carbocycles. The van der Waals surface area contributed by atoms with Gasteiger partial charge in [-0.05, 0) is 28.8 Å². The van der Waals surface area contributed by atoms with E-state index in [1.54, 1.807) is 12.1 Å². The molecule has 0 aliphatic heterocycles. The standard InChI is InChI=1S/C21H19NO4/c1-21(19(23)24,18-13-7-11-16-10-5-6-12-17(16)18)22-20(25)26-14-15-8-3-2-4-9-15/h2-13H,14H2,1H3,(H,22,25)(H,23,24)/t21-/m1/s1. The van der Waals surface area contributed by atoms with Crippen LogP contribution in [0.3, 0.4) is 0 Å². The Balaban J connectivity index is 1.85. The summed E-state index contributed by atoms with van der Waals surface area (Å²) in [5.41, 5.74) is -0.293. The van der Waals surface area contributed by atoms with Gasteiger partial charge in [0.15, 0.2) is 5.54 Å². The first-order valence-corrected chi connectivity index (χ1v) is 8.21. The highest BCUT2D eigenvalue weighted by atomic mass is 16.5. The Morgan fingerprint density at radius 3 is 2.35 bits per heavy atom. The van der Waals surface area contributed by atoms with Gasteiger partial charge in [0.25, 0.3) is 0 Å². The summed E-state index contributed by atoms with van der Waals surface area (Å²) in [6.45, 7) is 1.53. The monoisotopic (exact) mass is 349 g/mol. The van der Waals surface area contributed by atoms with Crippen LogP contribution in [0.4, 0.5) is 4.79 Å². The zero-order chi connectivity index (χ0) is 18.6. The number of alkyl carbamates (subject to hydrolysis) is 1. The lowest BCUT2D eigenvalue weighted by molar-refractivity contribution is -0.144. The van der Waals surface area contributed by atoms with Crippen molar-refractivity contribution in [3.63, 3.8) is 0 Å². The summed E-state index contributed by atoms with van der Waals surface area (Å²) < 4.78 is 5.19. The number of nitrogens with one attached hydrogen (secondary N) is 1. The van der Waals surface area contributed by atoms with Crippen LogP contribution in [0.2, 0.25) is 0 Å². The van der Waals surface area contributed by atoms with E-state index in [0.717, 1.165) is 16.3 Å². The highest BCUT2D eigenvalue weighted by molar-refractivity contribution is 5.94. The number of hydrogen-bond acceptors (Lipinski definition) is 3. The fourth-order valence-corrected chi connectivity index (χ4v) is 2.86. The van der Waals surface area contributed by atoms with Crippen molar-refractivity contribution >= 4 is 22.8 Å². The Bertz CT molecular complexity index is 934. The van der Waals surface area contributed by atoms with E-state index in [2.05, 4.69) is 5.32 Å². The van der Waals surface area contributed by atoms with Crippen LogP contribution in [0.15, 0.2) is 72.8 Å². The van der Waals surface area contributed by atoms with Gasteiger partial charge in [0, 0.05) is 0 Å². The molecule has 1 amide bonds. The van der Waals surface area contributed by atoms with Crippen molar-refractivity contribution in [1.29, 1.82) is 0 Å². The molecule has 0 radical (unpaired) electrons. The summed E-state index contributed by atoms with van der Waals surface area (Å²) in [5.74, 6) is -1.16. The van der Waals surface area contributed by atoms with Gasteiger partial charge in [-0.15, -0.1) is 0 Å². The number of amides is 1. The van der Waals surface area contributed by atoms with Crippen LogP contribution >= 0.6 is 0 Å². The third-order valence-corrected chi connectivity index (χ3v) is 4.32. The molecular weight excluding hydrogens is 330 g/mol. The van der Waals surface area contributed by atoms with Gasteiger partial charge in [0.1, 0.15) is 6.61 Å². The summed E-state index contributed by atoms with van der Waals surface area (Å²) in [6.07, 6.45) is -0.785. The minimum Gasteiger partial charge on any atom is -0.479 e. The molecule has 0 spiro atoms. The zero-order valence-corrected chi connectivity index (χ0v) is 14.3. The second kappa shape index (κ2) is 7.27. The maximum atomic E-state index is 12.2. The number of carboxylic acids is 1. The predicted molar refractivity (Wildman–Crippen MR) is 98.7 cm³/mol. The van der Waals surface area contributed by atoms with Crippen LogP contribution in [0.1, 0.15) is 18.1 Å². The Hall–Kier alpha value is -3.34. The maximum Gasteiger partial charge on any atom is 0.408 e. The number of carbonyl (C=O) groups excluding carboxylic acids is 1. The number of carboxylic acid groups (broad SMARTS) is 1.